The number of rotatable bonds is 0. The molecule has 1 aliphatic rings. The summed E-state index contributed by atoms with van der Waals surface area (Å²) in [5.41, 5.74) is 4.78. The minimum Gasteiger partial charge on any atom is -0.493 e. The Kier molecular flexibility index (Phi) is 2.76. The van der Waals surface area contributed by atoms with Gasteiger partial charge in [0.1, 0.15) is 5.75 Å². The van der Waals surface area contributed by atoms with Gasteiger partial charge in [0.25, 0.3) is 0 Å². The van der Waals surface area contributed by atoms with Crippen LogP contribution >= 0.6 is 0 Å². The summed E-state index contributed by atoms with van der Waals surface area (Å²) >= 11 is 0. The van der Waals surface area contributed by atoms with Gasteiger partial charge in [-0.05, 0) is 28.0 Å². The second kappa shape index (κ2) is 3.76. The van der Waals surface area contributed by atoms with E-state index in [9.17, 15) is 0 Å². The molecule has 1 heterocycles. The molecule has 0 spiro atoms. The molecular formula is C16H24O. The molecule has 1 aromatic carbocycles. The van der Waals surface area contributed by atoms with E-state index in [-0.39, 0.29) is 10.8 Å². The average molecular weight is 232 g/mol. The van der Waals surface area contributed by atoms with Crippen LogP contribution in [0.2, 0.25) is 0 Å². The van der Waals surface area contributed by atoms with Crippen LogP contribution in [0.15, 0.2) is 12.1 Å². The Hall–Kier alpha value is -0.980. The van der Waals surface area contributed by atoms with Gasteiger partial charge in [0.15, 0.2) is 0 Å². The summed E-state index contributed by atoms with van der Waals surface area (Å²) in [6.45, 7) is 14.6. The lowest BCUT2D eigenvalue weighted by Crippen LogP contribution is -2.23. The van der Waals surface area contributed by atoms with Crippen molar-refractivity contribution in [1.82, 2.24) is 0 Å². The predicted octanol–water partition coefficient (Wildman–Crippen LogP) is 4.22. The number of ether oxygens (including phenoxy) is 1. The van der Waals surface area contributed by atoms with Crippen LogP contribution in [0.4, 0.5) is 0 Å². The largest absolute Gasteiger partial charge is 0.493 e. The zero-order valence-corrected chi connectivity index (χ0v) is 12.0. The molecule has 0 aromatic heterocycles. The highest BCUT2D eigenvalue weighted by Gasteiger charge is 2.30. The number of hydrogen-bond acceptors (Lipinski definition) is 1. The smallest absolute Gasteiger partial charge is 0.122 e. The first kappa shape index (κ1) is 12.5. The van der Waals surface area contributed by atoms with E-state index in [0.717, 1.165) is 18.8 Å². The van der Waals surface area contributed by atoms with E-state index in [2.05, 4.69) is 53.7 Å². The molecule has 94 valence electrons. The quantitative estimate of drug-likeness (QED) is 0.651. The molecular weight excluding hydrogens is 208 g/mol. The first-order valence-electron chi connectivity index (χ1n) is 6.51. The van der Waals surface area contributed by atoms with Crippen LogP contribution in [-0.4, -0.2) is 6.61 Å². The van der Waals surface area contributed by atoms with E-state index in [0.29, 0.717) is 0 Å². The molecule has 0 fully saturated rings. The number of hydrogen-bond donors (Lipinski definition) is 0. The molecule has 1 heteroatoms. The molecule has 1 aliphatic heterocycles. The van der Waals surface area contributed by atoms with Gasteiger partial charge in [0.2, 0.25) is 0 Å². The van der Waals surface area contributed by atoms with E-state index in [1.54, 1.807) is 0 Å². The van der Waals surface area contributed by atoms with Gasteiger partial charge >= 0.3 is 0 Å². The van der Waals surface area contributed by atoms with Gasteiger partial charge in [-0.25, -0.2) is 0 Å². The fourth-order valence-electron chi connectivity index (χ4n) is 2.76. The fraction of sp³-hybridized carbons (Fsp3) is 0.625. The SMILES string of the molecule is CC(C)(C)c1ccc2c(c1C(C)(C)C)CCO2. The van der Waals surface area contributed by atoms with E-state index in [1.165, 1.54) is 16.7 Å². The molecule has 0 aliphatic carbocycles. The highest BCUT2D eigenvalue weighted by atomic mass is 16.5. The summed E-state index contributed by atoms with van der Waals surface area (Å²) < 4.78 is 5.70. The normalized spacial score (nSPS) is 15.6. The van der Waals surface area contributed by atoms with Crippen LogP contribution in [-0.2, 0) is 17.3 Å². The van der Waals surface area contributed by atoms with E-state index in [1.807, 2.05) is 0 Å². The van der Waals surface area contributed by atoms with Crippen LogP contribution in [0.3, 0.4) is 0 Å². The number of fused-ring (bicyclic) bond motifs is 1. The van der Waals surface area contributed by atoms with Crippen molar-refractivity contribution in [2.75, 3.05) is 6.61 Å². The minimum atomic E-state index is 0.182. The zero-order chi connectivity index (χ0) is 12.8. The Morgan fingerprint density at radius 1 is 0.941 bits per heavy atom. The summed E-state index contributed by atoms with van der Waals surface area (Å²) in [5, 5.41) is 0. The van der Waals surface area contributed by atoms with Gasteiger partial charge in [0, 0.05) is 12.0 Å². The molecule has 2 rings (SSSR count). The van der Waals surface area contributed by atoms with Crippen LogP contribution in [0.1, 0.15) is 58.2 Å². The summed E-state index contributed by atoms with van der Waals surface area (Å²) in [6.07, 6.45) is 1.06. The lowest BCUT2D eigenvalue weighted by Gasteiger charge is -2.32. The third-order valence-corrected chi connectivity index (χ3v) is 3.44. The monoisotopic (exact) mass is 232 g/mol. The third kappa shape index (κ3) is 2.20. The molecule has 0 radical (unpaired) electrons. The first-order valence-corrected chi connectivity index (χ1v) is 6.51. The Bertz CT molecular complexity index is 430. The van der Waals surface area contributed by atoms with Crippen LogP contribution in [0.25, 0.3) is 0 Å². The Balaban J connectivity index is 2.70. The molecule has 17 heavy (non-hydrogen) atoms. The van der Waals surface area contributed by atoms with Gasteiger partial charge in [-0.15, -0.1) is 0 Å². The molecule has 0 atom stereocenters. The fourth-order valence-corrected chi connectivity index (χ4v) is 2.76. The van der Waals surface area contributed by atoms with Crippen molar-refractivity contribution in [2.45, 2.75) is 58.8 Å². The van der Waals surface area contributed by atoms with Crippen molar-refractivity contribution in [3.8, 4) is 5.75 Å². The molecule has 0 saturated carbocycles. The lowest BCUT2D eigenvalue weighted by molar-refractivity contribution is 0.356. The molecule has 0 saturated heterocycles. The number of benzene rings is 1. The molecule has 1 aromatic rings. The highest BCUT2D eigenvalue weighted by Crippen LogP contribution is 2.41. The van der Waals surface area contributed by atoms with Gasteiger partial charge in [-0.3, -0.25) is 0 Å². The van der Waals surface area contributed by atoms with Crippen molar-refractivity contribution >= 4 is 0 Å². The summed E-state index contributed by atoms with van der Waals surface area (Å²) in [5.74, 6) is 1.10. The Morgan fingerprint density at radius 3 is 2.12 bits per heavy atom. The summed E-state index contributed by atoms with van der Waals surface area (Å²) in [4.78, 5) is 0. The summed E-state index contributed by atoms with van der Waals surface area (Å²) in [7, 11) is 0. The first-order chi connectivity index (χ1) is 7.71. The maximum atomic E-state index is 5.70. The Labute approximate surface area is 105 Å². The average Bonchev–Trinajstić information content (AvgIpc) is 2.59. The summed E-state index contributed by atoms with van der Waals surface area (Å²) in [6, 6.07) is 4.41. The maximum absolute atomic E-state index is 5.70. The van der Waals surface area contributed by atoms with Crippen LogP contribution in [0.5, 0.6) is 5.75 Å². The second-order valence-corrected chi connectivity index (χ2v) is 7.06. The van der Waals surface area contributed by atoms with Crippen molar-refractivity contribution in [3.63, 3.8) is 0 Å². The minimum absolute atomic E-state index is 0.182. The van der Waals surface area contributed by atoms with Crippen molar-refractivity contribution in [1.29, 1.82) is 0 Å². The van der Waals surface area contributed by atoms with E-state index < -0.39 is 0 Å². The van der Waals surface area contributed by atoms with E-state index >= 15 is 0 Å². The lowest BCUT2D eigenvalue weighted by atomic mass is 9.73. The molecule has 0 bridgehead atoms. The third-order valence-electron chi connectivity index (χ3n) is 3.44. The Morgan fingerprint density at radius 2 is 1.59 bits per heavy atom. The molecule has 0 amide bonds. The van der Waals surface area contributed by atoms with Gasteiger partial charge < -0.3 is 4.74 Å². The van der Waals surface area contributed by atoms with Gasteiger partial charge in [-0.2, -0.15) is 0 Å². The maximum Gasteiger partial charge on any atom is 0.122 e. The molecule has 0 unspecified atom stereocenters. The predicted molar refractivity (Wildman–Crippen MR) is 73.0 cm³/mol. The van der Waals surface area contributed by atoms with Crippen LogP contribution < -0.4 is 4.74 Å². The topological polar surface area (TPSA) is 9.23 Å². The van der Waals surface area contributed by atoms with E-state index in [4.69, 9.17) is 4.74 Å². The zero-order valence-electron chi connectivity index (χ0n) is 12.0. The highest BCUT2D eigenvalue weighted by molar-refractivity contribution is 5.52. The molecule has 1 nitrogen and oxygen atoms in total. The second-order valence-electron chi connectivity index (χ2n) is 7.06. The standard InChI is InChI=1S/C16H24O/c1-15(2,3)12-7-8-13-11(9-10-17-13)14(12)16(4,5)6/h7-8H,9-10H2,1-6H3. The van der Waals surface area contributed by atoms with Crippen molar-refractivity contribution in [3.05, 3.63) is 28.8 Å². The van der Waals surface area contributed by atoms with Crippen LogP contribution in [0, 0.1) is 0 Å². The van der Waals surface area contributed by atoms with Gasteiger partial charge in [-0.1, -0.05) is 47.6 Å². The van der Waals surface area contributed by atoms with Gasteiger partial charge in [0.05, 0.1) is 6.61 Å². The molecule has 0 N–H and O–H groups in total. The van der Waals surface area contributed by atoms with Crippen molar-refractivity contribution in [2.24, 2.45) is 0 Å². The van der Waals surface area contributed by atoms with Crippen molar-refractivity contribution < 1.29 is 4.74 Å².